The summed E-state index contributed by atoms with van der Waals surface area (Å²) in [5.74, 6) is 0.564. The Labute approximate surface area is 144 Å². The van der Waals surface area contributed by atoms with Crippen molar-refractivity contribution in [1.82, 2.24) is 0 Å². The third-order valence-electron chi connectivity index (χ3n) is 3.05. The van der Waals surface area contributed by atoms with Gasteiger partial charge in [0.15, 0.2) is 0 Å². The van der Waals surface area contributed by atoms with Gasteiger partial charge in [0, 0.05) is 16.1 Å². The smallest absolute Gasteiger partial charge is 0.139 e. The van der Waals surface area contributed by atoms with Crippen molar-refractivity contribution >= 4 is 46.4 Å². The van der Waals surface area contributed by atoms with Crippen molar-refractivity contribution in [1.29, 1.82) is 0 Å². The second kappa shape index (κ2) is 7.60. The molecule has 0 aliphatic rings. The maximum atomic E-state index is 6.48. The van der Waals surface area contributed by atoms with Gasteiger partial charge in [0.1, 0.15) is 5.75 Å². The second-order valence-electron chi connectivity index (χ2n) is 4.50. The molecular formula is C16H14Cl4O. The number of ether oxygens (including phenoxy) is 1. The molecule has 1 nitrogen and oxygen atoms in total. The highest BCUT2D eigenvalue weighted by atomic mass is 35.5. The minimum Gasteiger partial charge on any atom is -0.492 e. The summed E-state index contributed by atoms with van der Waals surface area (Å²) in [6.45, 7) is 2.42. The molecule has 0 saturated carbocycles. The molecule has 1 unspecified atom stereocenters. The van der Waals surface area contributed by atoms with Gasteiger partial charge >= 0.3 is 0 Å². The van der Waals surface area contributed by atoms with Crippen LogP contribution in [0.3, 0.4) is 0 Å². The second-order valence-corrected chi connectivity index (χ2v) is 6.25. The average Bonchev–Trinajstić information content (AvgIpc) is 2.45. The first kappa shape index (κ1) is 16.8. The van der Waals surface area contributed by atoms with E-state index in [4.69, 9.17) is 51.1 Å². The fourth-order valence-electron chi connectivity index (χ4n) is 2.02. The summed E-state index contributed by atoms with van der Waals surface area (Å²) in [5, 5.41) is 1.41. The molecule has 0 aliphatic heterocycles. The summed E-state index contributed by atoms with van der Waals surface area (Å²) < 4.78 is 5.41. The Bertz CT molecular complexity index is 628. The Morgan fingerprint density at radius 1 is 1.00 bits per heavy atom. The molecule has 1 atom stereocenters. The van der Waals surface area contributed by atoms with Crippen LogP contribution in [0.1, 0.15) is 23.4 Å². The van der Waals surface area contributed by atoms with Gasteiger partial charge in [-0.2, -0.15) is 0 Å². The standard InChI is InChI=1S/C16H14Cl4O/c1-2-21-16-9-14(19)11(8-15(16)20)13(18)7-10-5-3-4-6-12(10)17/h3-6,8-9,13H,2,7H2,1H3. The maximum Gasteiger partial charge on any atom is 0.139 e. The highest BCUT2D eigenvalue weighted by Crippen LogP contribution is 2.38. The lowest BCUT2D eigenvalue weighted by molar-refractivity contribution is 0.340. The molecule has 0 heterocycles. The molecule has 0 aromatic heterocycles. The Morgan fingerprint density at radius 2 is 1.71 bits per heavy atom. The van der Waals surface area contributed by atoms with E-state index < -0.39 is 0 Å². The van der Waals surface area contributed by atoms with E-state index in [9.17, 15) is 0 Å². The van der Waals surface area contributed by atoms with Crippen molar-refractivity contribution in [3.63, 3.8) is 0 Å². The third kappa shape index (κ3) is 4.20. The molecular weight excluding hydrogens is 350 g/mol. The predicted octanol–water partition coefficient (Wildman–Crippen LogP) is 6.57. The van der Waals surface area contributed by atoms with E-state index >= 15 is 0 Å². The van der Waals surface area contributed by atoms with Crippen molar-refractivity contribution < 1.29 is 4.74 Å². The number of halogens is 4. The van der Waals surface area contributed by atoms with Crippen molar-refractivity contribution in [3.05, 3.63) is 62.6 Å². The van der Waals surface area contributed by atoms with Crippen LogP contribution in [0.4, 0.5) is 0 Å². The first-order valence-corrected chi connectivity index (χ1v) is 8.09. The number of hydrogen-bond donors (Lipinski definition) is 0. The van der Waals surface area contributed by atoms with Crippen LogP contribution in [-0.2, 0) is 6.42 Å². The topological polar surface area (TPSA) is 9.23 Å². The normalized spacial score (nSPS) is 12.2. The van der Waals surface area contributed by atoms with Gasteiger partial charge in [0.05, 0.1) is 17.0 Å². The third-order valence-corrected chi connectivity index (χ3v) is 4.43. The SMILES string of the molecule is CCOc1cc(Cl)c(C(Cl)Cc2ccccc2Cl)cc1Cl. The van der Waals surface area contributed by atoms with Crippen molar-refractivity contribution in [3.8, 4) is 5.75 Å². The summed E-state index contributed by atoms with van der Waals surface area (Å²) in [6, 6.07) is 11.1. The zero-order chi connectivity index (χ0) is 15.4. The van der Waals surface area contributed by atoms with Crippen molar-refractivity contribution in [2.75, 3.05) is 6.61 Å². The fourth-order valence-corrected chi connectivity index (χ4v) is 3.14. The van der Waals surface area contributed by atoms with Crippen molar-refractivity contribution in [2.45, 2.75) is 18.7 Å². The minimum absolute atomic E-state index is 0.314. The van der Waals surface area contributed by atoms with Crippen LogP contribution < -0.4 is 4.74 Å². The summed E-state index contributed by atoms with van der Waals surface area (Å²) in [4.78, 5) is 0. The molecule has 2 aromatic carbocycles. The maximum absolute atomic E-state index is 6.48. The average molecular weight is 364 g/mol. The minimum atomic E-state index is -0.314. The van der Waals surface area contributed by atoms with Crippen LogP contribution in [-0.4, -0.2) is 6.61 Å². The van der Waals surface area contributed by atoms with E-state index in [1.807, 2.05) is 31.2 Å². The van der Waals surface area contributed by atoms with E-state index in [1.54, 1.807) is 12.1 Å². The van der Waals surface area contributed by atoms with Crippen LogP contribution in [0.2, 0.25) is 15.1 Å². The summed E-state index contributed by atoms with van der Waals surface area (Å²) in [5.41, 5.74) is 1.74. The molecule has 0 bridgehead atoms. The molecule has 0 spiro atoms. The molecule has 0 saturated heterocycles. The molecule has 21 heavy (non-hydrogen) atoms. The largest absolute Gasteiger partial charge is 0.492 e. The van der Waals surface area contributed by atoms with Crippen molar-refractivity contribution in [2.24, 2.45) is 0 Å². The van der Waals surface area contributed by atoms with E-state index in [0.717, 1.165) is 11.1 Å². The zero-order valence-electron chi connectivity index (χ0n) is 11.4. The molecule has 0 amide bonds. The Hall–Kier alpha value is -0.600. The number of benzene rings is 2. The quantitative estimate of drug-likeness (QED) is 0.546. The summed E-state index contributed by atoms with van der Waals surface area (Å²) in [6.07, 6.45) is 0.575. The molecule has 2 aromatic rings. The van der Waals surface area contributed by atoms with E-state index in [-0.39, 0.29) is 5.38 Å². The molecule has 5 heteroatoms. The van der Waals surface area contributed by atoms with Gasteiger partial charge in [-0.25, -0.2) is 0 Å². The van der Waals surface area contributed by atoms with Gasteiger partial charge in [-0.05, 0) is 36.6 Å². The molecule has 0 aliphatic carbocycles. The van der Waals surface area contributed by atoms with E-state index in [1.165, 1.54) is 0 Å². The van der Waals surface area contributed by atoms with Crippen LogP contribution in [0, 0.1) is 0 Å². The highest BCUT2D eigenvalue weighted by molar-refractivity contribution is 6.36. The van der Waals surface area contributed by atoms with Gasteiger partial charge in [-0.15, -0.1) is 11.6 Å². The van der Waals surface area contributed by atoms with Gasteiger partial charge in [0.25, 0.3) is 0 Å². The number of alkyl halides is 1. The highest BCUT2D eigenvalue weighted by Gasteiger charge is 2.17. The lowest BCUT2D eigenvalue weighted by Crippen LogP contribution is -1.99. The Morgan fingerprint density at radius 3 is 2.38 bits per heavy atom. The molecule has 2 rings (SSSR count). The lowest BCUT2D eigenvalue weighted by Gasteiger charge is -2.15. The Balaban J connectivity index is 2.25. The zero-order valence-corrected chi connectivity index (χ0v) is 14.4. The van der Waals surface area contributed by atoms with E-state index in [2.05, 4.69) is 0 Å². The van der Waals surface area contributed by atoms with Gasteiger partial charge in [-0.1, -0.05) is 53.0 Å². The van der Waals surface area contributed by atoms with Crippen LogP contribution in [0.5, 0.6) is 5.75 Å². The fraction of sp³-hybridized carbons (Fsp3) is 0.250. The molecule has 0 N–H and O–H groups in total. The lowest BCUT2D eigenvalue weighted by atomic mass is 10.0. The number of rotatable bonds is 5. The molecule has 0 radical (unpaired) electrons. The van der Waals surface area contributed by atoms with E-state index in [0.29, 0.717) is 33.8 Å². The van der Waals surface area contributed by atoms with Crippen LogP contribution >= 0.6 is 46.4 Å². The van der Waals surface area contributed by atoms with Gasteiger partial charge < -0.3 is 4.74 Å². The molecule has 0 fully saturated rings. The molecule has 112 valence electrons. The Kier molecular flexibility index (Phi) is 6.07. The summed E-state index contributed by atoms with van der Waals surface area (Å²) in [7, 11) is 0. The first-order valence-electron chi connectivity index (χ1n) is 6.52. The summed E-state index contributed by atoms with van der Waals surface area (Å²) >= 11 is 25.1. The van der Waals surface area contributed by atoms with Crippen LogP contribution in [0.15, 0.2) is 36.4 Å². The predicted molar refractivity (Wildman–Crippen MR) is 91.4 cm³/mol. The number of hydrogen-bond acceptors (Lipinski definition) is 1. The van der Waals surface area contributed by atoms with Gasteiger partial charge in [0.2, 0.25) is 0 Å². The first-order chi connectivity index (χ1) is 10.0. The van der Waals surface area contributed by atoms with Gasteiger partial charge in [-0.3, -0.25) is 0 Å². The van der Waals surface area contributed by atoms with Crippen LogP contribution in [0.25, 0.3) is 0 Å². The monoisotopic (exact) mass is 362 g/mol.